The van der Waals surface area contributed by atoms with Crippen molar-refractivity contribution in [3.63, 3.8) is 0 Å². The number of anilines is 1. The van der Waals surface area contributed by atoms with Crippen LogP contribution in [0.3, 0.4) is 0 Å². The van der Waals surface area contributed by atoms with Crippen LogP contribution in [-0.2, 0) is 0 Å². The largest absolute Gasteiger partial charge is 0.497 e. The van der Waals surface area contributed by atoms with Crippen LogP contribution in [0.25, 0.3) is 0 Å². The summed E-state index contributed by atoms with van der Waals surface area (Å²) in [6.07, 6.45) is 3.96. The van der Waals surface area contributed by atoms with Crippen molar-refractivity contribution in [1.29, 1.82) is 0 Å². The zero-order valence-corrected chi connectivity index (χ0v) is 17.3. The van der Waals surface area contributed by atoms with E-state index >= 15 is 0 Å². The van der Waals surface area contributed by atoms with Crippen molar-refractivity contribution in [2.75, 3.05) is 25.1 Å². The van der Waals surface area contributed by atoms with E-state index in [-0.39, 0.29) is 5.82 Å². The van der Waals surface area contributed by atoms with Gasteiger partial charge in [0.2, 0.25) is 0 Å². The Hall–Kier alpha value is -3.34. The first-order valence-corrected chi connectivity index (χ1v) is 10.1. The van der Waals surface area contributed by atoms with Crippen molar-refractivity contribution < 1.29 is 13.9 Å². The third-order valence-corrected chi connectivity index (χ3v) is 5.27. The summed E-state index contributed by atoms with van der Waals surface area (Å²) in [5.41, 5.74) is 3.28. The van der Waals surface area contributed by atoms with Crippen LogP contribution in [0.4, 0.5) is 15.8 Å². The SMILES string of the molecule is COc1ccc(Oc2ccc(N=Cc3cc(F)c(N4CCCC4)cc3C)cc2)cc1. The lowest BCUT2D eigenvalue weighted by Crippen LogP contribution is -2.19. The van der Waals surface area contributed by atoms with Gasteiger partial charge >= 0.3 is 0 Å². The Morgan fingerprint density at radius 1 is 0.900 bits per heavy atom. The molecule has 0 unspecified atom stereocenters. The maximum Gasteiger partial charge on any atom is 0.147 e. The predicted molar refractivity (Wildman–Crippen MR) is 119 cm³/mol. The molecular weight excluding hydrogens is 379 g/mol. The van der Waals surface area contributed by atoms with E-state index in [1.165, 1.54) is 0 Å². The Labute approximate surface area is 176 Å². The molecule has 1 aliphatic heterocycles. The van der Waals surface area contributed by atoms with Crippen LogP contribution in [0, 0.1) is 12.7 Å². The lowest BCUT2D eigenvalue weighted by molar-refractivity contribution is 0.413. The van der Waals surface area contributed by atoms with Crippen LogP contribution >= 0.6 is 0 Å². The molecule has 154 valence electrons. The van der Waals surface area contributed by atoms with Gasteiger partial charge in [-0.05, 0) is 91.6 Å². The Morgan fingerprint density at radius 2 is 1.50 bits per heavy atom. The fourth-order valence-corrected chi connectivity index (χ4v) is 3.55. The number of halogens is 1. The zero-order chi connectivity index (χ0) is 20.9. The normalized spacial score (nSPS) is 13.8. The Balaban J connectivity index is 1.44. The highest BCUT2D eigenvalue weighted by atomic mass is 19.1. The molecule has 0 amide bonds. The highest BCUT2D eigenvalue weighted by molar-refractivity contribution is 5.84. The quantitative estimate of drug-likeness (QED) is 0.453. The van der Waals surface area contributed by atoms with Gasteiger partial charge in [-0.2, -0.15) is 0 Å². The second-order valence-corrected chi connectivity index (χ2v) is 7.38. The molecule has 30 heavy (non-hydrogen) atoms. The average Bonchev–Trinajstić information content (AvgIpc) is 3.30. The van der Waals surface area contributed by atoms with Crippen molar-refractivity contribution >= 4 is 17.6 Å². The number of aliphatic imine (C=N–C) groups is 1. The zero-order valence-electron chi connectivity index (χ0n) is 17.3. The molecule has 1 saturated heterocycles. The van der Waals surface area contributed by atoms with Gasteiger partial charge in [-0.25, -0.2) is 4.39 Å². The second-order valence-electron chi connectivity index (χ2n) is 7.38. The third-order valence-electron chi connectivity index (χ3n) is 5.27. The molecular formula is C25H25FN2O2. The summed E-state index contributed by atoms with van der Waals surface area (Å²) in [5, 5.41) is 0. The molecule has 4 rings (SSSR count). The monoisotopic (exact) mass is 404 g/mol. The van der Waals surface area contributed by atoms with Crippen molar-refractivity contribution in [2.24, 2.45) is 4.99 Å². The van der Waals surface area contributed by atoms with Gasteiger partial charge in [-0.15, -0.1) is 0 Å². The Kier molecular flexibility index (Phi) is 5.98. The van der Waals surface area contributed by atoms with E-state index in [2.05, 4.69) is 9.89 Å². The standard InChI is InChI=1S/C25H25FN2O2/c1-18-15-25(28-13-3-4-14-28)24(26)16-19(18)17-27-20-5-7-22(8-6-20)30-23-11-9-21(29-2)10-12-23/h5-12,15-17H,3-4,13-14H2,1-2H3. The van der Waals surface area contributed by atoms with Crippen LogP contribution < -0.4 is 14.4 Å². The lowest BCUT2D eigenvalue weighted by atomic mass is 10.1. The van der Waals surface area contributed by atoms with Gasteiger partial charge in [-0.3, -0.25) is 4.99 Å². The number of nitrogens with zero attached hydrogens (tertiary/aromatic N) is 2. The van der Waals surface area contributed by atoms with E-state index in [1.54, 1.807) is 19.4 Å². The summed E-state index contributed by atoms with van der Waals surface area (Å²) in [6.45, 7) is 3.84. The fraction of sp³-hybridized carbons (Fsp3) is 0.240. The molecule has 1 aliphatic rings. The minimum atomic E-state index is -0.188. The summed E-state index contributed by atoms with van der Waals surface area (Å²) < 4.78 is 25.6. The average molecular weight is 404 g/mol. The molecule has 0 N–H and O–H groups in total. The van der Waals surface area contributed by atoms with E-state index in [9.17, 15) is 4.39 Å². The topological polar surface area (TPSA) is 34.1 Å². The van der Waals surface area contributed by atoms with Crippen molar-refractivity contribution in [3.8, 4) is 17.2 Å². The van der Waals surface area contributed by atoms with Gasteiger partial charge in [0.05, 0.1) is 18.5 Å². The third kappa shape index (κ3) is 4.62. The lowest BCUT2D eigenvalue weighted by Gasteiger charge is -2.19. The number of hydrogen-bond donors (Lipinski definition) is 0. The number of methoxy groups -OCH3 is 1. The molecule has 1 fully saturated rings. The second kappa shape index (κ2) is 8.99. The van der Waals surface area contributed by atoms with Crippen molar-refractivity contribution in [1.82, 2.24) is 0 Å². The van der Waals surface area contributed by atoms with Crippen LogP contribution in [0.1, 0.15) is 24.0 Å². The van der Waals surface area contributed by atoms with Gasteiger partial charge in [0.25, 0.3) is 0 Å². The smallest absolute Gasteiger partial charge is 0.147 e. The summed E-state index contributed by atoms with van der Waals surface area (Å²) >= 11 is 0. The number of benzene rings is 3. The molecule has 0 bridgehead atoms. The van der Waals surface area contributed by atoms with E-state index < -0.39 is 0 Å². The van der Waals surface area contributed by atoms with Gasteiger partial charge in [-0.1, -0.05) is 0 Å². The molecule has 3 aromatic rings. The molecule has 4 nitrogen and oxygen atoms in total. The molecule has 1 heterocycles. The van der Waals surface area contributed by atoms with Gasteiger partial charge in [0, 0.05) is 19.3 Å². The molecule has 0 saturated carbocycles. The molecule has 0 atom stereocenters. The molecule has 0 spiro atoms. The summed E-state index contributed by atoms with van der Waals surface area (Å²) in [6, 6.07) is 18.4. The van der Waals surface area contributed by atoms with Crippen LogP contribution in [0.2, 0.25) is 0 Å². The van der Waals surface area contributed by atoms with Crippen molar-refractivity contribution in [2.45, 2.75) is 19.8 Å². The highest BCUT2D eigenvalue weighted by Crippen LogP contribution is 2.28. The van der Waals surface area contributed by atoms with Crippen LogP contribution in [-0.4, -0.2) is 26.4 Å². The predicted octanol–water partition coefficient (Wildman–Crippen LogP) is 6.29. The highest BCUT2D eigenvalue weighted by Gasteiger charge is 2.17. The van der Waals surface area contributed by atoms with E-state index in [0.717, 1.165) is 60.0 Å². The first kappa shape index (κ1) is 20.0. The Morgan fingerprint density at radius 3 is 2.13 bits per heavy atom. The maximum absolute atomic E-state index is 14.6. The first-order valence-electron chi connectivity index (χ1n) is 10.1. The van der Waals surface area contributed by atoms with Gasteiger partial charge < -0.3 is 14.4 Å². The minimum Gasteiger partial charge on any atom is -0.497 e. The molecule has 3 aromatic carbocycles. The minimum absolute atomic E-state index is 0.188. The van der Waals surface area contributed by atoms with Gasteiger partial charge in [0.15, 0.2) is 0 Å². The molecule has 0 radical (unpaired) electrons. The summed E-state index contributed by atoms with van der Waals surface area (Å²) in [7, 11) is 1.63. The fourth-order valence-electron chi connectivity index (χ4n) is 3.55. The van der Waals surface area contributed by atoms with Crippen LogP contribution in [0.5, 0.6) is 17.2 Å². The number of rotatable bonds is 6. The summed E-state index contributed by atoms with van der Waals surface area (Å²) in [5.74, 6) is 2.05. The molecule has 0 aliphatic carbocycles. The van der Waals surface area contributed by atoms with Gasteiger partial charge in [0.1, 0.15) is 23.1 Å². The van der Waals surface area contributed by atoms with E-state index in [0.29, 0.717) is 5.69 Å². The summed E-state index contributed by atoms with van der Waals surface area (Å²) in [4.78, 5) is 6.61. The van der Waals surface area contributed by atoms with Crippen LogP contribution in [0.15, 0.2) is 65.7 Å². The maximum atomic E-state index is 14.6. The van der Waals surface area contributed by atoms with Crippen molar-refractivity contribution in [3.05, 3.63) is 77.6 Å². The first-order chi connectivity index (χ1) is 14.6. The van der Waals surface area contributed by atoms with E-state index in [4.69, 9.17) is 9.47 Å². The number of ether oxygens (including phenoxy) is 2. The Bertz CT molecular complexity index is 1020. The van der Waals surface area contributed by atoms with E-state index in [1.807, 2.05) is 61.5 Å². The molecule has 5 heteroatoms. The number of hydrogen-bond acceptors (Lipinski definition) is 4. The molecule has 0 aromatic heterocycles. The number of aryl methyl sites for hydroxylation is 1.